The van der Waals surface area contributed by atoms with Crippen LogP contribution in [0.5, 0.6) is 0 Å². The first-order chi connectivity index (χ1) is 18.0. The fourth-order valence-corrected chi connectivity index (χ4v) is 4.20. The van der Waals surface area contributed by atoms with E-state index < -0.39 is 0 Å². The minimum atomic E-state index is 0.339. The molecule has 1 aromatic carbocycles. The lowest BCUT2D eigenvalue weighted by Crippen LogP contribution is -2.27. The van der Waals surface area contributed by atoms with Crippen LogP contribution in [0.4, 0.5) is 0 Å². The Morgan fingerprint density at radius 2 is 1.89 bits per heavy atom. The largest absolute Gasteiger partial charge is 0.385 e. The molecule has 0 fully saturated rings. The fraction of sp³-hybridized carbons (Fsp3) is 0.303. The molecule has 0 amide bonds. The van der Waals surface area contributed by atoms with Gasteiger partial charge in [0.05, 0.1) is 0 Å². The van der Waals surface area contributed by atoms with Crippen molar-refractivity contribution < 1.29 is 0 Å². The van der Waals surface area contributed by atoms with Crippen molar-refractivity contribution in [2.45, 2.75) is 52.5 Å². The maximum Gasteiger partial charge on any atom is 0.132 e. The maximum atomic E-state index is 8.49. The predicted octanol–water partition coefficient (Wildman–Crippen LogP) is 7.31. The van der Waals surface area contributed by atoms with Crippen LogP contribution in [0.15, 0.2) is 125 Å². The van der Waals surface area contributed by atoms with Crippen LogP contribution < -0.4 is 10.6 Å². The molecule has 2 aliphatic rings. The molecule has 0 saturated heterocycles. The zero-order chi connectivity index (χ0) is 26.5. The zero-order valence-corrected chi connectivity index (χ0v) is 22.8. The average Bonchev–Trinajstić information content (AvgIpc) is 2.95. The number of nitrogens with zero attached hydrogens (tertiary/aromatic N) is 1. The van der Waals surface area contributed by atoms with Gasteiger partial charge in [0, 0.05) is 42.3 Å². The Morgan fingerprint density at radius 1 is 1.08 bits per heavy atom. The summed E-state index contributed by atoms with van der Waals surface area (Å²) < 4.78 is 0. The van der Waals surface area contributed by atoms with Crippen molar-refractivity contribution in [1.82, 2.24) is 15.5 Å². The third kappa shape index (κ3) is 8.68. The van der Waals surface area contributed by atoms with E-state index in [1.54, 1.807) is 0 Å². The molecule has 1 atom stereocenters. The fourth-order valence-electron chi connectivity index (χ4n) is 4.20. The lowest BCUT2D eigenvalue weighted by atomic mass is 10.0. The minimum absolute atomic E-state index is 0.339. The number of rotatable bonds is 11. The van der Waals surface area contributed by atoms with Gasteiger partial charge >= 0.3 is 0 Å². The highest BCUT2D eigenvalue weighted by molar-refractivity contribution is 5.97. The van der Waals surface area contributed by atoms with Gasteiger partial charge in [-0.3, -0.25) is 5.41 Å². The Balaban J connectivity index is 1.54. The summed E-state index contributed by atoms with van der Waals surface area (Å²) in [5, 5.41) is 15.7. The quantitative estimate of drug-likeness (QED) is 0.172. The van der Waals surface area contributed by atoms with Crippen LogP contribution in [0.2, 0.25) is 0 Å². The Kier molecular flexibility index (Phi) is 11.0. The van der Waals surface area contributed by atoms with Gasteiger partial charge in [-0.1, -0.05) is 85.9 Å². The van der Waals surface area contributed by atoms with E-state index in [9.17, 15) is 0 Å². The van der Waals surface area contributed by atoms with Gasteiger partial charge in [0.25, 0.3) is 0 Å². The number of benzene rings is 1. The van der Waals surface area contributed by atoms with E-state index in [0.717, 1.165) is 43.5 Å². The Bertz CT molecular complexity index is 1160. The van der Waals surface area contributed by atoms with Gasteiger partial charge < -0.3 is 15.5 Å². The summed E-state index contributed by atoms with van der Waals surface area (Å²) in [6, 6.07) is 10.2. The number of allylic oxidation sites excluding steroid dienone is 12. The summed E-state index contributed by atoms with van der Waals surface area (Å²) in [4.78, 5) is 1.98. The Hall–Kier alpha value is -3.79. The molecular weight excluding hydrogens is 452 g/mol. The van der Waals surface area contributed by atoms with Crippen molar-refractivity contribution in [2.24, 2.45) is 0 Å². The third-order valence-corrected chi connectivity index (χ3v) is 6.71. The molecule has 0 spiro atoms. The first kappa shape index (κ1) is 27.8. The molecule has 2 aliphatic carbocycles. The van der Waals surface area contributed by atoms with Crippen LogP contribution in [-0.4, -0.2) is 30.4 Å². The van der Waals surface area contributed by atoms with Gasteiger partial charge in [0.2, 0.25) is 0 Å². The second kappa shape index (κ2) is 14.7. The van der Waals surface area contributed by atoms with Crippen LogP contribution in [-0.2, 0) is 0 Å². The molecule has 0 saturated carbocycles. The lowest BCUT2D eigenvalue weighted by molar-refractivity contribution is 0.571. The molecule has 4 heteroatoms. The van der Waals surface area contributed by atoms with Gasteiger partial charge in [-0.25, -0.2) is 0 Å². The molecule has 194 valence electrons. The van der Waals surface area contributed by atoms with Crippen molar-refractivity contribution >= 4 is 5.84 Å². The van der Waals surface area contributed by atoms with E-state index in [1.165, 1.54) is 22.5 Å². The average molecular weight is 495 g/mol. The van der Waals surface area contributed by atoms with Crippen molar-refractivity contribution in [3.8, 4) is 0 Å². The monoisotopic (exact) mass is 494 g/mol. The lowest BCUT2D eigenvalue weighted by Gasteiger charge is -2.26. The standard InChI is InChI=1S/C33H42N4/c1-5-6-20-32(36-30-18-11-8-12-19-30)27(3)26(2)15-13-14-25-35-29-21-23-31(24-22-29)37(4)33(34)28-16-9-7-10-17-28/h6-18,20-21,23,30,34-36H,5,19,22,24-25H2,1-4H3/b14-13-,20-6-,26-15+,32-27-,34-33?. The van der Waals surface area contributed by atoms with Crippen molar-refractivity contribution in [3.05, 3.63) is 131 Å². The van der Waals surface area contributed by atoms with Crippen molar-refractivity contribution in [1.29, 1.82) is 5.41 Å². The summed E-state index contributed by atoms with van der Waals surface area (Å²) in [6.45, 7) is 7.31. The highest BCUT2D eigenvalue weighted by Gasteiger charge is 2.14. The van der Waals surface area contributed by atoms with E-state index in [2.05, 4.69) is 98.2 Å². The van der Waals surface area contributed by atoms with Crippen LogP contribution in [0.3, 0.4) is 0 Å². The zero-order valence-electron chi connectivity index (χ0n) is 22.8. The smallest absolute Gasteiger partial charge is 0.132 e. The van der Waals surface area contributed by atoms with Gasteiger partial charge in [0.1, 0.15) is 5.84 Å². The second-order valence-electron chi connectivity index (χ2n) is 9.43. The second-order valence-corrected chi connectivity index (χ2v) is 9.43. The van der Waals surface area contributed by atoms with Gasteiger partial charge in [0.15, 0.2) is 0 Å². The summed E-state index contributed by atoms with van der Waals surface area (Å²) in [5.41, 5.74) is 7.04. The molecule has 1 aromatic rings. The van der Waals surface area contributed by atoms with E-state index in [1.807, 2.05) is 42.3 Å². The predicted molar refractivity (Wildman–Crippen MR) is 159 cm³/mol. The summed E-state index contributed by atoms with van der Waals surface area (Å²) in [5.74, 6) is 0.529. The summed E-state index contributed by atoms with van der Waals surface area (Å²) in [6.07, 6.45) is 27.7. The SMILES string of the molecule is CC\C=C/C(NC1C=CC=CC1)=C(C)/C(C)=C/C=C\CNC1=CC=C(N(C)C(=N)c2ccccc2)CC1. The first-order valence-electron chi connectivity index (χ1n) is 13.3. The summed E-state index contributed by atoms with van der Waals surface area (Å²) >= 11 is 0. The van der Waals surface area contributed by atoms with E-state index in [0.29, 0.717) is 11.9 Å². The number of amidine groups is 1. The van der Waals surface area contributed by atoms with Crippen molar-refractivity contribution in [2.75, 3.05) is 13.6 Å². The molecule has 0 aliphatic heterocycles. The molecule has 3 rings (SSSR count). The van der Waals surface area contributed by atoms with Crippen LogP contribution in [0.1, 0.15) is 52.0 Å². The number of hydrogen-bond acceptors (Lipinski definition) is 3. The molecule has 37 heavy (non-hydrogen) atoms. The van der Waals surface area contributed by atoms with Crippen LogP contribution in [0.25, 0.3) is 0 Å². The molecule has 0 radical (unpaired) electrons. The summed E-state index contributed by atoms with van der Waals surface area (Å²) in [7, 11) is 1.98. The molecule has 3 N–H and O–H groups in total. The topological polar surface area (TPSA) is 51.1 Å². The number of nitrogens with one attached hydrogen (secondary N) is 3. The van der Waals surface area contributed by atoms with E-state index in [-0.39, 0.29) is 0 Å². The van der Waals surface area contributed by atoms with Gasteiger partial charge in [-0.15, -0.1) is 0 Å². The highest BCUT2D eigenvalue weighted by atomic mass is 15.1. The molecule has 0 bridgehead atoms. The van der Waals surface area contributed by atoms with Crippen molar-refractivity contribution in [3.63, 3.8) is 0 Å². The molecule has 1 unspecified atom stereocenters. The Labute approximate surface area is 223 Å². The van der Waals surface area contributed by atoms with Crippen LogP contribution >= 0.6 is 0 Å². The molecular formula is C33H42N4. The maximum absolute atomic E-state index is 8.49. The molecule has 0 aromatic heterocycles. The van der Waals surface area contributed by atoms with Gasteiger partial charge in [-0.05, 0) is 68.9 Å². The number of hydrogen-bond donors (Lipinski definition) is 3. The van der Waals surface area contributed by atoms with E-state index in [4.69, 9.17) is 5.41 Å². The van der Waals surface area contributed by atoms with Gasteiger partial charge in [-0.2, -0.15) is 0 Å². The molecule has 4 nitrogen and oxygen atoms in total. The highest BCUT2D eigenvalue weighted by Crippen LogP contribution is 2.21. The normalized spacial score (nSPS) is 18.5. The minimum Gasteiger partial charge on any atom is -0.385 e. The van der Waals surface area contributed by atoms with Crippen LogP contribution in [0, 0.1) is 5.41 Å². The van der Waals surface area contributed by atoms with E-state index >= 15 is 0 Å². The first-order valence-corrected chi connectivity index (χ1v) is 13.3. The Morgan fingerprint density at radius 3 is 2.57 bits per heavy atom. The third-order valence-electron chi connectivity index (χ3n) is 6.71. The molecule has 0 heterocycles.